The fraction of sp³-hybridized carbons (Fsp3) is 0.900. The van der Waals surface area contributed by atoms with Gasteiger partial charge in [0.2, 0.25) is 0 Å². The van der Waals surface area contributed by atoms with Crippen LogP contribution in [0, 0.1) is 0 Å². The van der Waals surface area contributed by atoms with E-state index in [0.29, 0.717) is 31.1 Å². The van der Waals surface area contributed by atoms with Crippen molar-refractivity contribution in [3.8, 4) is 0 Å². The lowest BCUT2D eigenvalue weighted by Crippen LogP contribution is -2.55. The number of piperidine rings is 1. The molecule has 2 aliphatic rings. The van der Waals surface area contributed by atoms with Gasteiger partial charge in [-0.25, -0.2) is 0 Å². The number of aliphatic carboxylic acids is 1. The van der Waals surface area contributed by atoms with E-state index in [1.165, 1.54) is 16.1 Å². The highest BCUT2D eigenvalue weighted by Gasteiger charge is 2.40. The molecule has 0 aromatic heterocycles. The Morgan fingerprint density at radius 2 is 1.83 bits per heavy atom. The largest absolute Gasteiger partial charge is 0.480 e. The molecule has 0 aliphatic carbocycles. The maximum Gasteiger partial charge on any atom is 0.322 e. The molecule has 0 bridgehead atoms. The summed E-state index contributed by atoms with van der Waals surface area (Å²) in [4.78, 5) is 11.2. The zero-order valence-electron chi connectivity index (χ0n) is 10.1. The van der Waals surface area contributed by atoms with Crippen LogP contribution in [0.2, 0.25) is 0 Å². The van der Waals surface area contributed by atoms with Crippen molar-refractivity contribution in [2.75, 3.05) is 31.1 Å². The molecule has 104 valence electrons. The predicted molar refractivity (Wildman–Crippen MR) is 69.8 cm³/mol. The SMILES string of the molecule is O=C(O)C1CSCCN1S(=O)(=O)N1CCCCC1. The molecule has 18 heavy (non-hydrogen) atoms. The van der Waals surface area contributed by atoms with Gasteiger partial charge in [-0.2, -0.15) is 28.8 Å². The highest BCUT2D eigenvalue weighted by molar-refractivity contribution is 7.99. The first kappa shape index (κ1) is 14.1. The Morgan fingerprint density at radius 1 is 1.17 bits per heavy atom. The zero-order valence-corrected chi connectivity index (χ0v) is 11.8. The summed E-state index contributed by atoms with van der Waals surface area (Å²) < 4.78 is 27.5. The maximum absolute atomic E-state index is 12.4. The van der Waals surface area contributed by atoms with Gasteiger partial charge in [-0.3, -0.25) is 4.79 Å². The molecule has 0 aromatic carbocycles. The van der Waals surface area contributed by atoms with Crippen molar-refractivity contribution >= 4 is 27.9 Å². The minimum atomic E-state index is -3.61. The lowest BCUT2D eigenvalue weighted by Gasteiger charge is -2.36. The normalized spacial score (nSPS) is 28.1. The summed E-state index contributed by atoms with van der Waals surface area (Å²) in [5, 5.41) is 9.13. The van der Waals surface area contributed by atoms with Gasteiger partial charge in [-0.15, -0.1) is 0 Å². The van der Waals surface area contributed by atoms with Crippen LogP contribution >= 0.6 is 11.8 Å². The van der Waals surface area contributed by atoms with E-state index in [1.54, 1.807) is 0 Å². The molecule has 0 saturated carbocycles. The Kier molecular flexibility index (Phi) is 4.52. The predicted octanol–water partition coefficient (Wildman–Crippen LogP) is 0.219. The molecule has 0 amide bonds. The van der Waals surface area contributed by atoms with Gasteiger partial charge in [0.15, 0.2) is 0 Å². The maximum atomic E-state index is 12.4. The first-order chi connectivity index (χ1) is 8.53. The monoisotopic (exact) mass is 294 g/mol. The van der Waals surface area contributed by atoms with E-state index in [1.807, 2.05) is 0 Å². The van der Waals surface area contributed by atoms with Crippen LogP contribution in [-0.4, -0.2) is 65.3 Å². The molecule has 2 saturated heterocycles. The molecule has 2 aliphatic heterocycles. The van der Waals surface area contributed by atoms with E-state index in [4.69, 9.17) is 5.11 Å². The van der Waals surface area contributed by atoms with Gasteiger partial charge < -0.3 is 5.11 Å². The third-order valence-corrected chi connectivity index (χ3v) is 6.37. The lowest BCUT2D eigenvalue weighted by molar-refractivity contribution is -0.140. The number of carboxylic acids is 1. The van der Waals surface area contributed by atoms with Gasteiger partial charge in [0.25, 0.3) is 10.2 Å². The Bertz CT molecular complexity index is 406. The lowest BCUT2D eigenvalue weighted by atomic mass is 10.2. The van der Waals surface area contributed by atoms with Gasteiger partial charge in [0, 0.05) is 31.1 Å². The third kappa shape index (κ3) is 2.81. The molecule has 0 aromatic rings. The average molecular weight is 294 g/mol. The Morgan fingerprint density at radius 3 is 2.44 bits per heavy atom. The molecule has 6 nitrogen and oxygen atoms in total. The zero-order chi connectivity index (χ0) is 13.2. The van der Waals surface area contributed by atoms with Crippen LogP contribution in [-0.2, 0) is 15.0 Å². The molecule has 0 radical (unpaired) electrons. The molecule has 2 heterocycles. The Balaban J connectivity index is 2.18. The first-order valence-electron chi connectivity index (χ1n) is 6.11. The highest BCUT2D eigenvalue weighted by atomic mass is 32.2. The summed E-state index contributed by atoms with van der Waals surface area (Å²) in [6.45, 7) is 1.32. The fourth-order valence-electron chi connectivity index (χ4n) is 2.30. The van der Waals surface area contributed by atoms with Crippen LogP contribution in [0.1, 0.15) is 19.3 Å². The summed E-state index contributed by atoms with van der Waals surface area (Å²) in [5.74, 6) is -0.0537. The van der Waals surface area contributed by atoms with Crippen molar-refractivity contribution in [2.45, 2.75) is 25.3 Å². The number of carbonyl (C=O) groups is 1. The van der Waals surface area contributed by atoms with Gasteiger partial charge in [0.05, 0.1) is 0 Å². The van der Waals surface area contributed by atoms with Crippen LogP contribution < -0.4 is 0 Å². The van der Waals surface area contributed by atoms with E-state index in [-0.39, 0.29) is 0 Å². The van der Waals surface area contributed by atoms with E-state index >= 15 is 0 Å². The van der Waals surface area contributed by atoms with Gasteiger partial charge in [0.1, 0.15) is 6.04 Å². The van der Waals surface area contributed by atoms with Gasteiger partial charge in [-0.05, 0) is 12.8 Å². The minimum absolute atomic E-state index is 0.292. The van der Waals surface area contributed by atoms with Crippen LogP contribution in [0.3, 0.4) is 0 Å². The van der Waals surface area contributed by atoms with Crippen LogP contribution in [0.25, 0.3) is 0 Å². The Hall–Kier alpha value is -0.310. The molecule has 2 fully saturated rings. The molecule has 1 N–H and O–H groups in total. The van der Waals surface area contributed by atoms with Crippen molar-refractivity contribution < 1.29 is 18.3 Å². The van der Waals surface area contributed by atoms with E-state index in [9.17, 15) is 13.2 Å². The minimum Gasteiger partial charge on any atom is -0.480 e. The quantitative estimate of drug-likeness (QED) is 0.805. The summed E-state index contributed by atoms with van der Waals surface area (Å²) in [6, 6.07) is -0.921. The first-order valence-corrected chi connectivity index (χ1v) is 8.66. The molecule has 1 unspecified atom stereocenters. The third-order valence-electron chi connectivity index (χ3n) is 3.30. The summed E-state index contributed by atoms with van der Waals surface area (Å²) in [5.41, 5.74) is 0. The second kappa shape index (κ2) is 5.77. The number of carboxylic acid groups (broad SMARTS) is 1. The number of nitrogens with zero attached hydrogens (tertiary/aromatic N) is 2. The highest BCUT2D eigenvalue weighted by Crippen LogP contribution is 2.24. The molecule has 8 heteroatoms. The van der Waals surface area contributed by atoms with Crippen molar-refractivity contribution in [1.29, 1.82) is 0 Å². The molecule has 0 spiro atoms. The second-order valence-electron chi connectivity index (χ2n) is 4.51. The smallest absolute Gasteiger partial charge is 0.322 e. The standard InChI is InChI=1S/C10H18N2O4S2/c13-10(14)9-8-17-7-6-12(9)18(15,16)11-4-2-1-3-5-11/h9H,1-8H2,(H,13,14). The number of rotatable bonds is 3. The summed E-state index contributed by atoms with van der Waals surface area (Å²) >= 11 is 1.49. The summed E-state index contributed by atoms with van der Waals surface area (Å²) in [7, 11) is -3.61. The van der Waals surface area contributed by atoms with Crippen LogP contribution in [0.4, 0.5) is 0 Å². The van der Waals surface area contributed by atoms with Crippen LogP contribution in [0.15, 0.2) is 0 Å². The molecule has 2 rings (SSSR count). The molecular weight excluding hydrogens is 276 g/mol. The van der Waals surface area contributed by atoms with Crippen molar-refractivity contribution in [2.24, 2.45) is 0 Å². The number of hydrogen-bond donors (Lipinski definition) is 1. The second-order valence-corrected chi connectivity index (χ2v) is 7.54. The average Bonchev–Trinajstić information content (AvgIpc) is 2.39. The molecule has 1 atom stereocenters. The van der Waals surface area contributed by atoms with Crippen molar-refractivity contribution in [3.05, 3.63) is 0 Å². The molecular formula is C10H18N2O4S2. The number of hydrogen-bond acceptors (Lipinski definition) is 4. The van der Waals surface area contributed by atoms with E-state index < -0.39 is 22.2 Å². The van der Waals surface area contributed by atoms with E-state index in [2.05, 4.69) is 0 Å². The van der Waals surface area contributed by atoms with Crippen LogP contribution in [0.5, 0.6) is 0 Å². The van der Waals surface area contributed by atoms with Gasteiger partial charge >= 0.3 is 5.97 Å². The fourth-order valence-corrected chi connectivity index (χ4v) is 5.38. The Labute approximate surface area is 112 Å². The summed E-state index contributed by atoms with van der Waals surface area (Å²) in [6.07, 6.45) is 2.77. The van der Waals surface area contributed by atoms with Crippen molar-refractivity contribution in [3.63, 3.8) is 0 Å². The number of thioether (sulfide) groups is 1. The van der Waals surface area contributed by atoms with Crippen molar-refractivity contribution in [1.82, 2.24) is 8.61 Å². The topological polar surface area (TPSA) is 77.9 Å². The van der Waals surface area contributed by atoms with Gasteiger partial charge in [-0.1, -0.05) is 6.42 Å². The van der Waals surface area contributed by atoms with E-state index in [0.717, 1.165) is 23.6 Å².